The molecule has 0 aromatic carbocycles. The van der Waals surface area contributed by atoms with Gasteiger partial charge in [0.2, 0.25) is 5.89 Å². The van der Waals surface area contributed by atoms with E-state index in [0.717, 1.165) is 0 Å². The molecule has 1 aromatic heterocycles. The predicted octanol–water partition coefficient (Wildman–Crippen LogP) is -0.106. The summed E-state index contributed by atoms with van der Waals surface area (Å²) >= 11 is 0. The Morgan fingerprint density at radius 1 is 1.67 bits per heavy atom. The van der Waals surface area contributed by atoms with Gasteiger partial charge in [0.1, 0.15) is 0 Å². The normalized spacial score (nSPS) is 13.2. The maximum atomic E-state index is 5.67. The van der Waals surface area contributed by atoms with Crippen LogP contribution in [0.2, 0.25) is 0 Å². The van der Waals surface area contributed by atoms with E-state index in [4.69, 9.17) is 15.0 Å². The van der Waals surface area contributed by atoms with Gasteiger partial charge in [-0.05, 0) is 6.92 Å². The molecule has 0 spiro atoms. The van der Waals surface area contributed by atoms with Gasteiger partial charge in [-0.15, -0.1) is 0 Å². The van der Waals surface area contributed by atoms with Crippen molar-refractivity contribution in [1.82, 2.24) is 10.1 Å². The van der Waals surface area contributed by atoms with Gasteiger partial charge in [-0.1, -0.05) is 5.16 Å². The van der Waals surface area contributed by atoms with E-state index in [1.165, 1.54) is 0 Å². The number of aromatic nitrogens is 2. The average molecular weight is 171 g/mol. The lowest BCUT2D eigenvalue weighted by Crippen LogP contribution is -2.28. The Kier molecular flexibility index (Phi) is 3.19. The van der Waals surface area contributed by atoms with Crippen LogP contribution in [0, 0.1) is 6.92 Å². The molecule has 1 atom stereocenters. The molecule has 0 saturated heterocycles. The second-order valence-corrected chi connectivity index (χ2v) is 2.65. The van der Waals surface area contributed by atoms with Gasteiger partial charge in [-0.3, -0.25) is 0 Å². The summed E-state index contributed by atoms with van der Waals surface area (Å²) in [4.78, 5) is 4.02. The van der Waals surface area contributed by atoms with Gasteiger partial charge in [0.25, 0.3) is 0 Å². The van der Waals surface area contributed by atoms with Gasteiger partial charge in [0.05, 0.1) is 6.61 Å². The van der Waals surface area contributed by atoms with Crippen molar-refractivity contribution in [3.8, 4) is 0 Å². The van der Waals surface area contributed by atoms with Crippen molar-refractivity contribution in [3.05, 3.63) is 11.7 Å². The zero-order valence-corrected chi connectivity index (χ0v) is 7.28. The van der Waals surface area contributed by atoms with Gasteiger partial charge in [0, 0.05) is 19.6 Å². The van der Waals surface area contributed by atoms with E-state index in [1.807, 2.05) is 0 Å². The Morgan fingerprint density at radius 2 is 2.42 bits per heavy atom. The van der Waals surface area contributed by atoms with E-state index in [2.05, 4.69) is 10.1 Å². The molecular formula is C7H13N3O2. The number of aryl methyl sites for hydroxylation is 1. The first-order valence-electron chi connectivity index (χ1n) is 3.76. The summed E-state index contributed by atoms with van der Waals surface area (Å²) in [5.74, 6) is 1.20. The molecule has 0 fully saturated rings. The SMILES string of the molecule is COCC(N)Cc1nc(C)no1. The van der Waals surface area contributed by atoms with Crippen molar-refractivity contribution in [3.63, 3.8) is 0 Å². The zero-order valence-electron chi connectivity index (χ0n) is 7.28. The van der Waals surface area contributed by atoms with E-state index in [1.54, 1.807) is 14.0 Å². The molecule has 0 aliphatic carbocycles. The van der Waals surface area contributed by atoms with E-state index >= 15 is 0 Å². The summed E-state index contributed by atoms with van der Waals surface area (Å²) in [6, 6.07) is -0.0742. The molecule has 5 nitrogen and oxygen atoms in total. The van der Waals surface area contributed by atoms with Crippen molar-refractivity contribution in [2.24, 2.45) is 5.73 Å². The molecule has 0 aliphatic heterocycles. The van der Waals surface area contributed by atoms with E-state index < -0.39 is 0 Å². The van der Waals surface area contributed by atoms with Crippen LogP contribution in [0.15, 0.2) is 4.52 Å². The minimum absolute atomic E-state index is 0.0742. The maximum absolute atomic E-state index is 5.67. The largest absolute Gasteiger partial charge is 0.383 e. The van der Waals surface area contributed by atoms with Crippen LogP contribution >= 0.6 is 0 Å². The van der Waals surface area contributed by atoms with Crippen molar-refractivity contribution in [2.75, 3.05) is 13.7 Å². The van der Waals surface area contributed by atoms with Crippen molar-refractivity contribution in [1.29, 1.82) is 0 Å². The maximum Gasteiger partial charge on any atom is 0.228 e. The third-order valence-corrected chi connectivity index (χ3v) is 1.39. The molecule has 0 amide bonds. The molecule has 0 aliphatic rings. The Balaban J connectivity index is 2.41. The fourth-order valence-corrected chi connectivity index (χ4v) is 0.920. The molecule has 2 N–H and O–H groups in total. The minimum Gasteiger partial charge on any atom is -0.383 e. The molecule has 5 heteroatoms. The summed E-state index contributed by atoms with van der Waals surface area (Å²) in [5.41, 5.74) is 5.67. The Morgan fingerprint density at radius 3 is 2.92 bits per heavy atom. The molecular weight excluding hydrogens is 158 g/mol. The number of ether oxygens (including phenoxy) is 1. The first-order valence-corrected chi connectivity index (χ1v) is 3.76. The van der Waals surface area contributed by atoms with Crippen LogP contribution in [0.1, 0.15) is 11.7 Å². The molecule has 1 aromatic rings. The van der Waals surface area contributed by atoms with Gasteiger partial charge >= 0.3 is 0 Å². The van der Waals surface area contributed by atoms with E-state index in [9.17, 15) is 0 Å². The van der Waals surface area contributed by atoms with Crippen LogP contribution < -0.4 is 5.73 Å². The number of nitrogens with zero attached hydrogens (tertiary/aromatic N) is 2. The highest BCUT2D eigenvalue weighted by Crippen LogP contribution is 1.99. The third-order valence-electron chi connectivity index (χ3n) is 1.39. The topological polar surface area (TPSA) is 74.2 Å². The monoisotopic (exact) mass is 171 g/mol. The Hall–Kier alpha value is -0.940. The Bertz CT molecular complexity index is 236. The van der Waals surface area contributed by atoms with Gasteiger partial charge in [-0.2, -0.15) is 4.98 Å². The molecule has 0 bridgehead atoms. The van der Waals surface area contributed by atoms with Crippen LogP contribution in [-0.4, -0.2) is 29.9 Å². The molecule has 12 heavy (non-hydrogen) atoms. The fourth-order valence-electron chi connectivity index (χ4n) is 0.920. The standard InChI is InChI=1S/C7H13N3O2/c1-5-9-7(12-10-5)3-6(8)4-11-2/h6H,3-4,8H2,1-2H3. The lowest BCUT2D eigenvalue weighted by Gasteiger charge is -2.05. The summed E-state index contributed by atoms with van der Waals surface area (Å²) in [6.07, 6.45) is 0.564. The highest BCUT2D eigenvalue weighted by molar-refractivity contribution is 4.86. The zero-order chi connectivity index (χ0) is 8.97. The lowest BCUT2D eigenvalue weighted by molar-refractivity contribution is 0.176. The first-order chi connectivity index (χ1) is 5.72. The third kappa shape index (κ3) is 2.60. The van der Waals surface area contributed by atoms with E-state index in [-0.39, 0.29) is 6.04 Å². The summed E-state index contributed by atoms with van der Waals surface area (Å²) < 4.78 is 9.75. The Labute approximate surface area is 70.9 Å². The number of nitrogens with two attached hydrogens (primary N) is 1. The molecule has 1 unspecified atom stereocenters. The lowest BCUT2D eigenvalue weighted by atomic mass is 10.2. The first kappa shape index (κ1) is 9.15. The van der Waals surface area contributed by atoms with Crippen molar-refractivity contribution >= 4 is 0 Å². The second-order valence-electron chi connectivity index (χ2n) is 2.65. The van der Waals surface area contributed by atoms with Crippen LogP contribution in [0.4, 0.5) is 0 Å². The molecule has 0 radical (unpaired) electrons. The van der Waals surface area contributed by atoms with Crippen LogP contribution in [0.5, 0.6) is 0 Å². The van der Waals surface area contributed by atoms with E-state index in [0.29, 0.717) is 24.7 Å². The van der Waals surface area contributed by atoms with Crippen molar-refractivity contribution in [2.45, 2.75) is 19.4 Å². The van der Waals surface area contributed by atoms with Gasteiger partial charge in [-0.25, -0.2) is 0 Å². The quantitative estimate of drug-likeness (QED) is 0.684. The smallest absolute Gasteiger partial charge is 0.228 e. The fraction of sp³-hybridized carbons (Fsp3) is 0.714. The number of hydrogen-bond acceptors (Lipinski definition) is 5. The number of methoxy groups -OCH3 is 1. The van der Waals surface area contributed by atoms with Gasteiger partial charge in [0.15, 0.2) is 5.82 Å². The molecule has 1 heterocycles. The highest BCUT2D eigenvalue weighted by Gasteiger charge is 2.08. The summed E-state index contributed by atoms with van der Waals surface area (Å²) in [7, 11) is 1.61. The van der Waals surface area contributed by atoms with Crippen LogP contribution in [-0.2, 0) is 11.2 Å². The molecule has 1 rings (SSSR count). The predicted molar refractivity (Wildman–Crippen MR) is 42.6 cm³/mol. The van der Waals surface area contributed by atoms with Crippen LogP contribution in [0.25, 0.3) is 0 Å². The number of hydrogen-bond donors (Lipinski definition) is 1. The number of rotatable bonds is 4. The summed E-state index contributed by atoms with van der Waals surface area (Å²) in [5, 5.41) is 3.65. The highest BCUT2D eigenvalue weighted by atomic mass is 16.5. The average Bonchev–Trinajstić information content (AvgIpc) is 2.36. The second kappa shape index (κ2) is 4.18. The summed E-state index contributed by atoms with van der Waals surface area (Å²) in [6.45, 7) is 2.27. The van der Waals surface area contributed by atoms with Gasteiger partial charge < -0.3 is 15.0 Å². The molecule has 68 valence electrons. The minimum atomic E-state index is -0.0742. The van der Waals surface area contributed by atoms with Crippen molar-refractivity contribution < 1.29 is 9.26 Å². The van der Waals surface area contributed by atoms with Crippen LogP contribution in [0.3, 0.4) is 0 Å². The molecule has 0 saturated carbocycles.